The predicted molar refractivity (Wildman–Crippen MR) is 65.8 cm³/mol. The van der Waals surface area contributed by atoms with Crippen molar-refractivity contribution in [2.24, 2.45) is 0 Å². The lowest BCUT2D eigenvalue weighted by molar-refractivity contribution is 0.357. The fraction of sp³-hybridized carbons (Fsp3) is 0.818. The quantitative estimate of drug-likeness (QED) is 0.871. The fourth-order valence-corrected chi connectivity index (χ4v) is 2.94. The van der Waals surface area contributed by atoms with Crippen LogP contribution >= 0.6 is 11.8 Å². The highest BCUT2D eigenvalue weighted by Gasteiger charge is 2.21. The summed E-state index contributed by atoms with van der Waals surface area (Å²) in [6.07, 6.45) is 3.18. The number of hydrogen-bond acceptors (Lipinski definition) is 5. The van der Waals surface area contributed by atoms with Crippen LogP contribution in [0.4, 0.5) is 0 Å². The fourth-order valence-electron chi connectivity index (χ4n) is 1.84. The van der Waals surface area contributed by atoms with Gasteiger partial charge in [-0.3, -0.25) is 0 Å². The van der Waals surface area contributed by atoms with Crippen molar-refractivity contribution in [1.29, 1.82) is 0 Å². The van der Waals surface area contributed by atoms with E-state index < -0.39 is 0 Å². The average Bonchev–Trinajstić information content (AvgIpc) is 2.78. The molecule has 1 aliphatic heterocycles. The minimum Gasteiger partial charge on any atom is -0.339 e. The highest BCUT2D eigenvalue weighted by atomic mass is 32.2. The molecule has 2 heterocycles. The van der Waals surface area contributed by atoms with E-state index in [9.17, 15) is 0 Å². The Morgan fingerprint density at radius 1 is 1.50 bits per heavy atom. The molecule has 1 atom stereocenters. The molecule has 1 unspecified atom stereocenters. The first-order valence-electron chi connectivity index (χ1n) is 5.87. The van der Waals surface area contributed by atoms with Crippen LogP contribution in [0.3, 0.4) is 0 Å². The van der Waals surface area contributed by atoms with Crippen molar-refractivity contribution < 1.29 is 4.52 Å². The summed E-state index contributed by atoms with van der Waals surface area (Å²) in [5.41, 5.74) is 0. The summed E-state index contributed by atoms with van der Waals surface area (Å²) in [6, 6.07) is 0.384. The second kappa shape index (κ2) is 5.68. The molecule has 16 heavy (non-hydrogen) atoms. The Morgan fingerprint density at radius 3 is 2.94 bits per heavy atom. The van der Waals surface area contributed by atoms with E-state index in [-0.39, 0.29) is 0 Å². The van der Waals surface area contributed by atoms with E-state index in [0.29, 0.717) is 12.0 Å². The van der Waals surface area contributed by atoms with Gasteiger partial charge in [0, 0.05) is 18.4 Å². The number of rotatable bonds is 4. The lowest BCUT2D eigenvalue weighted by Gasteiger charge is -2.17. The molecule has 1 N–H and O–H groups in total. The Morgan fingerprint density at radius 2 is 2.25 bits per heavy atom. The van der Waals surface area contributed by atoms with Crippen LogP contribution in [0.5, 0.6) is 0 Å². The second-order valence-electron chi connectivity index (χ2n) is 4.33. The zero-order valence-corrected chi connectivity index (χ0v) is 10.7. The van der Waals surface area contributed by atoms with E-state index in [1.165, 1.54) is 24.3 Å². The Labute approximate surface area is 101 Å². The molecule has 90 valence electrons. The van der Waals surface area contributed by atoms with Gasteiger partial charge in [-0.15, -0.1) is 0 Å². The third-order valence-corrected chi connectivity index (χ3v) is 4.09. The van der Waals surface area contributed by atoms with E-state index in [4.69, 9.17) is 4.52 Å². The Balaban J connectivity index is 1.95. The minimum atomic E-state index is 0.384. The lowest BCUT2D eigenvalue weighted by atomic mass is 10.0. The first kappa shape index (κ1) is 11.9. The number of thioether (sulfide) groups is 1. The number of nitrogens with zero attached hydrogens (tertiary/aromatic N) is 2. The molecule has 0 spiro atoms. The highest BCUT2D eigenvalue weighted by molar-refractivity contribution is 7.99. The van der Waals surface area contributed by atoms with E-state index >= 15 is 0 Å². The first-order chi connectivity index (χ1) is 7.79. The summed E-state index contributed by atoms with van der Waals surface area (Å²) >= 11 is 2.02. The van der Waals surface area contributed by atoms with Crippen LogP contribution in [0, 0.1) is 0 Å². The summed E-state index contributed by atoms with van der Waals surface area (Å²) in [5.74, 6) is 4.64. The Kier molecular flexibility index (Phi) is 4.23. The van der Waals surface area contributed by atoms with Crippen LogP contribution in [0.15, 0.2) is 4.52 Å². The monoisotopic (exact) mass is 241 g/mol. The molecule has 1 saturated heterocycles. The van der Waals surface area contributed by atoms with Crippen LogP contribution in [-0.2, 0) is 6.42 Å². The largest absolute Gasteiger partial charge is 0.339 e. The van der Waals surface area contributed by atoms with Crippen molar-refractivity contribution in [2.75, 3.05) is 18.6 Å². The molecule has 1 aromatic heterocycles. The molecule has 1 aliphatic rings. The van der Waals surface area contributed by atoms with Crippen molar-refractivity contribution in [2.45, 2.75) is 38.1 Å². The molecule has 0 bridgehead atoms. The van der Waals surface area contributed by atoms with Gasteiger partial charge < -0.3 is 9.84 Å². The molecule has 0 saturated carbocycles. The third kappa shape index (κ3) is 2.98. The first-order valence-corrected chi connectivity index (χ1v) is 7.02. The average molecular weight is 241 g/mol. The van der Waals surface area contributed by atoms with Crippen LogP contribution in [-0.4, -0.2) is 34.7 Å². The van der Waals surface area contributed by atoms with Crippen molar-refractivity contribution in [3.05, 3.63) is 11.7 Å². The normalized spacial score (nSPS) is 19.9. The van der Waals surface area contributed by atoms with E-state index in [1.807, 2.05) is 18.8 Å². The number of hydrogen-bond donors (Lipinski definition) is 1. The van der Waals surface area contributed by atoms with Gasteiger partial charge in [0.15, 0.2) is 5.82 Å². The maximum Gasteiger partial charge on any atom is 0.228 e. The number of aromatic nitrogens is 2. The van der Waals surface area contributed by atoms with Crippen LogP contribution < -0.4 is 5.32 Å². The minimum absolute atomic E-state index is 0.384. The SMILES string of the molecule is CNC(C)Cc1nc(C2CCSCC2)no1. The molecule has 0 amide bonds. The molecule has 1 aromatic rings. The molecule has 2 rings (SSSR count). The molecule has 1 fully saturated rings. The van der Waals surface area contributed by atoms with Gasteiger partial charge in [0.05, 0.1) is 0 Å². The van der Waals surface area contributed by atoms with Gasteiger partial charge in [0.25, 0.3) is 0 Å². The summed E-state index contributed by atoms with van der Waals surface area (Å²) in [6.45, 7) is 2.11. The molecular formula is C11H19N3OS. The Bertz CT molecular complexity index is 323. The standard InChI is InChI=1S/C11H19N3OS/c1-8(12-2)7-10-13-11(14-15-10)9-3-5-16-6-4-9/h8-9,12H,3-7H2,1-2H3. The van der Waals surface area contributed by atoms with Gasteiger partial charge in [0.1, 0.15) is 0 Å². The van der Waals surface area contributed by atoms with Gasteiger partial charge in [-0.05, 0) is 38.3 Å². The molecule has 0 aliphatic carbocycles. The van der Waals surface area contributed by atoms with Gasteiger partial charge in [-0.2, -0.15) is 16.7 Å². The lowest BCUT2D eigenvalue weighted by Crippen LogP contribution is -2.23. The van der Waals surface area contributed by atoms with Crippen molar-refractivity contribution >= 4 is 11.8 Å². The topological polar surface area (TPSA) is 51.0 Å². The number of likely N-dealkylation sites (N-methyl/N-ethyl adjacent to an activating group) is 1. The molecule has 4 nitrogen and oxygen atoms in total. The highest BCUT2D eigenvalue weighted by Crippen LogP contribution is 2.29. The van der Waals surface area contributed by atoms with E-state index in [2.05, 4.69) is 22.4 Å². The zero-order valence-electron chi connectivity index (χ0n) is 9.90. The zero-order chi connectivity index (χ0) is 11.4. The molecule has 0 aromatic carbocycles. The summed E-state index contributed by atoms with van der Waals surface area (Å²) < 4.78 is 5.28. The Hall–Kier alpha value is -0.550. The summed E-state index contributed by atoms with van der Waals surface area (Å²) in [4.78, 5) is 4.49. The van der Waals surface area contributed by atoms with Crippen LogP contribution in [0.25, 0.3) is 0 Å². The van der Waals surface area contributed by atoms with Gasteiger partial charge >= 0.3 is 0 Å². The van der Waals surface area contributed by atoms with Crippen molar-refractivity contribution in [3.63, 3.8) is 0 Å². The van der Waals surface area contributed by atoms with Crippen molar-refractivity contribution in [1.82, 2.24) is 15.5 Å². The molecule has 5 heteroatoms. The molecule has 0 radical (unpaired) electrons. The summed E-state index contributed by atoms with van der Waals surface area (Å²) in [7, 11) is 1.94. The maximum atomic E-state index is 5.28. The van der Waals surface area contributed by atoms with Crippen LogP contribution in [0.2, 0.25) is 0 Å². The second-order valence-corrected chi connectivity index (χ2v) is 5.55. The van der Waals surface area contributed by atoms with Crippen LogP contribution in [0.1, 0.15) is 37.4 Å². The van der Waals surface area contributed by atoms with E-state index in [0.717, 1.165) is 18.1 Å². The van der Waals surface area contributed by atoms with Gasteiger partial charge in [-0.25, -0.2) is 0 Å². The predicted octanol–water partition coefficient (Wildman–Crippen LogP) is 1.83. The van der Waals surface area contributed by atoms with Gasteiger partial charge in [-0.1, -0.05) is 5.16 Å². The van der Waals surface area contributed by atoms with E-state index in [1.54, 1.807) is 0 Å². The smallest absolute Gasteiger partial charge is 0.228 e. The number of nitrogens with one attached hydrogen (secondary N) is 1. The molecular weight excluding hydrogens is 222 g/mol. The summed E-state index contributed by atoms with van der Waals surface area (Å²) in [5, 5.41) is 7.28. The maximum absolute atomic E-state index is 5.28. The van der Waals surface area contributed by atoms with Crippen molar-refractivity contribution in [3.8, 4) is 0 Å². The van der Waals surface area contributed by atoms with Gasteiger partial charge in [0.2, 0.25) is 5.89 Å². The third-order valence-electron chi connectivity index (χ3n) is 3.04.